The van der Waals surface area contributed by atoms with Crippen molar-refractivity contribution in [1.29, 1.82) is 0 Å². The molecule has 2 heterocycles. The van der Waals surface area contributed by atoms with Crippen LogP contribution >= 0.6 is 0 Å². The second-order valence-corrected chi connectivity index (χ2v) is 3.32. The van der Waals surface area contributed by atoms with Crippen LogP contribution in [0.25, 0.3) is 0 Å². The van der Waals surface area contributed by atoms with Gasteiger partial charge in [-0.3, -0.25) is 0 Å². The summed E-state index contributed by atoms with van der Waals surface area (Å²) >= 11 is 0. The van der Waals surface area contributed by atoms with E-state index >= 15 is 0 Å². The number of pyridine rings is 1. The zero-order valence-corrected chi connectivity index (χ0v) is 7.99. The maximum Gasteiger partial charge on any atom is 0.213 e. The molecule has 74 valence electrons. The van der Waals surface area contributed by atoms with E-state index in [2.05, 4.69) is 10.3 Å². The van der Waals surface area contributed by atoms with E-state index in [9.17, 15) is 4.79 Å². The Balaban J connectivity index is 2.29. The summed E-state index contributed by atoms with van der Waals surface area (Å²) in [6.45, 7) is 0.704. The number of carbonyl (C=O) groups excluding carboxylic acids is 1. The fourth-order valence-electron chi connectivity index (χ4n) is 1.61. The van der Waals surface area contributed by atoms with Crippen molar-refractivity contribution >= 4 is 6.29 Å². The van der Waals surface area contributed by atoms with Gasteiger partial charge in [0.2, 0.25) is 5.88 Å². The molecule has 1 aromatic heterocycles. The lowest BCUT2D eigenvalue weighted by Gasteiger charge is -2.21. The Kier molecular flexibility index (Phi) is 2.45. The second-order valence-electron chi connectivity index (χ2n) is 3.32. The van der Waals surface area contributed by atoms with Gasteiger partial charge in [-0.05, 0) is 17.5 Å². The number of ether oxygens (including phenoxy) is 1. The Labute approximate surface area is 82.3 Å². The summed E-state index contributed by atoms with van der Waals surface area (Å²) in [5.74, 6) is 0.607. The number of methoxy groups -OCH3 is 1. The van der Waals surface area contributed by atoms with Crippen molar-refractivity contribution in [2.75, 3.05) is 7.11 Å². The van der Waals surface area contributed by atoms with Crippen molar-refractivity contribution in [3.05, 3.63) is 23.4 Å². The number of aldehydes is 1. The molecule has 0 fully saturated rings. The van der Waals surface area contributed by atoms with Crippen LogP contribution in [0, 0.1) is 0 Å². The summed E-state index contributed by atoms with van der Waals surface area (Å²) in [5.41, 5.74) is 2.29. The van der Waals surface area contributed by atoms with Crippen LogP contribution in [0.15, 0.2) is 12.3 Å². The third-order valence-electron chi connectivity index (χ3n) is 2.43. The van der Waals surface area contributed by atoms with E-state index in [0.29, 0.717) is 12.4 Å². The zero-order valence-electron chi connectivity index (χ0n) is 7.99. The molecule has 1 unspecified atom stereocenters. The minimum Gasteiger partial charge on any atom is -0.481 e. The van der Waals surface area contributed by atoms with Crippen molar-refractivity contribution in [3.63, 3.8) is 0 Å². The Morgan fingerprint density at radius 2 is 2.50 bits per heavy atom. The Bertz CT molecular complexity index is 352. The lowest BCUT2D eigenvalue weighted by Crippen LogP contribution is -2.36. The van der Waals surface area contributed by atoms with E-state index in [4.69, 9.17) is 4.74 Å². The molecule has 4 heteroatoms. The van der Waals surface area contributed by atoms with E-state index < -0.39 is 0 Å². The van der Waals surface area contributed by atoms with Gasteiger partial charge in [-0.2, -0.15) is 0 Å². The molecule has 14 heavy (non-hydrogen) atoms. The summed E-state index contributed by atoms with van der Waals surface area (Å²) in [5, 5.41) is 3.11. The summed E-state index contributed by atoms with van der Waals surface area (Å²) in [4.78, 5) is 14.7. The summed E-state index contributed by atoms with van der Waals surface area (Å²) in [6.07, 6.45) is 3.45. The van der Waals surface area contributed by atoms with Crippen molar-refractivity contribution in [3.8, 4) is 5.88 Å². The van der Waals surface area contributed by atoms with Crippen LogP contribution < -0.4 is 10.1 Å². The number of hydrogen-bond donors (Lipinski definition) is 1. The minimum atomic E-state index is -0.0744. The van der Waals surface area contributed by atoms with Crippen molar-refractivity contribution in [1.82, 2.24) is 10.3 Å². The second kappa shape index (κ2) is 3.75. The zero-order chi connectivity index (χ0) is 9.97. The molecule has 1 N–H and O–H groups in total. The largest absolute Gasteiger partial charge is 0.481 e. The molecule has 0 bridgehead atoms. The molecule has 0 aromatic carbocycles. The lowest BCUT2D eigenvalue weighted by molar-refractivity contribution is -0.109. The van der Waals surface area contributed by atoms with Crippen LogP contribution in [0.2, 0.25) is 0 Å². The number of aromatic nitrogens is 1. The standard InChI is InChI=1S/C10H12N2O2/c1-14-10-3-7-2-9(6-13)11-4-8(7)5-12-10/h3,5-6,9,11H,2,4H2,1H3. The van der Waals surface area contributed by atoms with Gasteiger partial charge in [-0.1, -0.05) is 0 Å². The molecule has 0 saturated heterocycles. The third kappa shape index (κ3) is 1.61. The van der Waals surface area contributed by atoms with Crippen LogP contribution in [0.1, 0.15) is 11.1 Å². The van der Waals surface area contributed by atoms with Gasteiger partial charge < -0.3 is 14.8 Å². The summed E-state index contributed by atoms with van der Waals surface area (Å²) < 4.78 is 5.03. The monoisotopic (exact) mass is 192 g/mol. The smallest absolute Gasteiger partial charge is 0.213 e. The summed E-state index contributed by atoms with van der Waals surface area (Å²) in [6, 6.07) is 1.82. The van der Waals surface area contributed by atoms with Crippen LogP contribution in [0.3, 0.4) is 0 Å². The molecule has 1 aliphatic rings. The normalized spacial score (nSPS) is 19.9. The maximum absolute atomic E-state index is 10.6. The minimum absolute atomic E-state index is 0.0744. The predicted octanol–water partition coefficient (Wildman–Crippen LogP) is 0.303. The first kappa shape index (κ1) is 9.15. The van der Waals surface area contributed by atoms with E-state index in [1.54, 1.807) is 13.3 Å². The number of rotatable bonds is 2. The van der Waals surface area contributed by atoms with E-state index in [1.165, 1.54) is 0 Å². The Morgan fingerprint density at radius 3 is 3.21 bits per heavy atom. The van der Waals surface area contributed by atoms with Crippen molar-refractivity contribution in [2.45, 2.75) is 19.0 Å². The molecule has 0 radical (unpaired) electrons. The molecular formula is C10H12N2O2. The van der Waals surface area contributed by atoms with Crippen molar-refractivity contribution in [2.24, 2.45) is 0 Å². The van der Waals surface area contributed by atoms with E-state index in [0.717, 1.165) is 23.8 Å². The molecule has 0 aliphatic carbocycles. The summed E-state index contributed by atoms with van der Waals surface area (Å²) in [7, 11) is 1.59. The number of carbonyl (C=O) groups is 1. The van der Waals surface area contributed by atoms with Gasteiger partial charge in [0.1, 0.15) is 6.29 Å². The van der Waals surface area contributed by atoms with E-state index in [1.807, 2.05) is 6.07 Å². The average Bonchev–Trinajstić information content (AvgIpc) is 2.27. The number of hydrogen-bond acceptors (Lipinski definition) is 4. The highest BCUT2D eigenvalue weighted by atomic mass is 16.5. The number of nitrogens with zero attached hydrogens (tertiary/aromatic N) is 1. The highest BCUT2D eigenvalue weighted by Gasteiger charge is 2.17. The van der Waals surface area contributed by atoms with Gasteiger partial charge in [0.05, 0.1) is 13.2 Å². The Morgan fingerprint density at radius 1 is 1.64 bits per heavy atom. The van der Waals surface area contributed by atoms with Crippen molar-refractivity contribution < 1.29 is 9.53 Å². The highest BCUT2D eigenvalue weighted by molar-refractivity contribution is 5.59. The van der Waals surface area contributed by atoms with Gasteiger partial charge >= 0.3 is 0 Å². The molecule has 0 spiro atoms. The molecule has 1 aromatic rings. The molecule has 0 amide bonds. The molecule has 1 atom stereocenters. The molecule has 1 aliphatic heterocycles. The number of nitrogens with one attached hydrogen (secondary N) is 1. The van der Waals surface area contributed by atoms with Gasteiger partial charge in [0.25, 0.3) is 0 Å². The first-order valence-corrected chi connectivity index (χ1v) is 4.54. The average molecular weight is 192 g/mol. The maximum atomic E-state index is 10.6. The third-order valence-corrected chi connectivity index (χ3v) is 2.43. The SMILES string of the molecule is COc1cc2c(cn1)CNC(C=O)C2. The lowest BCUT2D eigenvalue weighted by atomic mass is 9.98. The quantitative estimate of drug-likeness (QED) is 0.685. The topological polar surface area (TPSA) is 51.2 Å². The highest BCUT2D eigenvalue weighted by Crippen LogP contribution is 2.19. The number of fused-ring (bicyclic) bond motifs is 1. The van der Waals surface area contributed by atoms with Gasteiger partial charge in [-0.25, -0.2) is 4.98 Å². The van der Waals surface area contributed by atoms with Gasteiger partial charge in [0, 0.05) is 18.8 Å². The molecular weight excluding hydrogens is 180 g/mol. The molecule has 2 rings (SSSR count). The first-order chi connectivity index (χ1) is 6.83. The van der Waals surface area contributed by atoms with Gasteiger partial charge in [0.15, 0.2) is 0 Å². The van der Waals surface area contributed by atoms with Crippen LogP contribution in [0.4, 0.5) is 0 Å². The van der Waals surface area contributed by atoms with Crippen LogP contribution in [0.5, 0.6) is 5.88 Å². The predicted molar refractivity (Wildman–Crippen MR) is 51.2 cm³/mol. The first-order valence-electron chi connectivity index (χ1n) is 4.54. The molecule has 4 nitrogen and oxygen atoms in total. The fourth-order valence-corrected chi connectivity index (χ4v) is 1.61. The Hall–Kier alpha value is -1.42. The van der Waals surface area contributed by atoms with Gasteiger partial charge in [-0.15, -0.1) is 0 Å². The van der Waals surface area contributed by atoms with Crippen LogP contribution in [-0.2, 0) is 17.8 Å². The van der Waals surface area contributed by atoms with Crippen LogP contribution in [-0.4, -0.2) is 24.4 Å². The van der Waals surface area contributed by atoms with E-state index in [-0.39, 0.29) is 6.04 Å². The fraction of sp³-hybridized carbons (Fsp3) is 0.400. The molecule has 0 saturated carbocycles.